The second kappa shape index (κ2) is 5.98. The van der Waals surface area contributed by atoms with Crippen LogP contribution in [0.15, 0.2) is 40.9 Å². The summed E-state index contributed by atoms with van der Waals surface area (Å²) in [5.41, 5.74) is 4.01. The molecule has 0 spiro atoms. The van der Waals surface area contributed by atoms with Crippen molar-refractivity contribution >= 4 is 38.9 Å². The number of nitrogens with one attached hydrogen (secondary N) is 1. The lowest BCUT2D eigenvalue weighted by Gasteiger charge is -2.15. The molecule has 0 bridgehead atoms. The zero-order valence-corrected chi connectivity index (χ0v) is 12.1. The summed E-state index contributed by atoms with van der Waals surface area (Å²) in [7, 11) is 0. The molecule has 0 aliphatic carbocycles. The highest BCUT2D eigenvalue weighted by atomic mass is 79.9. The minimum atomic E-state index is 0.109. The number of hydrogen-bond donors (Lipinski definition) is 2. The minimum absolute atomic E-state index is 0.109. The number of hydrogen-bond acceptors (Lipinski definition) is 3. The smallest absolute Gasteiger partial charge is 0.0931 e. The van der Waals surface area contributed by atoms with E-state index < -0.39 is 0 Å². The van der Waals surface area contributed by atoms with Crippen LogP contribution in [0.1, 0.15) is 16.5 Å². The molecule has 1 aromatic heterocycles. The van der Waals surface area contributed by atoms with Gasteiger partial charge in [-0.15, -0.1) is 11.3 Å². The molecule has 0 saturated carbocycles. The summed E-state index contributed by atoms with van der Waals surface area (Å²) >= 11 is 10.9. The van der Waals surface area contributed by atoms with Crippen LogP contribution in [0.25, 0.3) is 0 Å². The predicted molar refractivity (Wildman–Crippen MR) is 77.2 cm³/mol. The zero-order chi connectivity index (χ0) is 12.3. The molecule has 1 unspecified atom stereocenters. The molecule has 0 aliphatic heterocycles. The molecule has 1 atom stereocenters. The second-order valence-corrected chi connectivity index (χ2v) is 6.40. The van der Waals surface area contributed by atoms with Crippen molar-refractivity contribution in [2.45, 2.75) is 12.5 Å². The third-order valence-corrected chi connectivity index (χ3v) is 4.29. The van der Waals surface area contributed by atoms with Crippen LogP contribution in [0.5, 0.6) is 0 Å². The van der Waals surface area contributed by atoms with Gasteiger partial charge < -0.3 is 0 Å². The number of nitrogens with two attached hydrogens (primary N) is 1. The van der Waals surface area contributed by atoms with Crippen molar-refractivity contribution in [3.05, 3.63) is 55.6 Å². The van der Waals surface area contributed by atoms with E-state index in [0.717, 1.165) is 15.2 Å². The molecule has 5 heteroatoms. The zero-order valence-electron chi connectivity index (χ0n) is 8.99. The fraction of sp³-hybridized carbons (Fsp3) is 0.167. The van der Waals surface area contributed by atoms with E-state index in [9.17, 15) is 0 Å². The minimum Gasteiger partial charge on any atom is -0.271 e. The first-order valence-electron chi connectivity index (χ1n) is 5.15. The van der Waals surface area contributed by atoms with E-state index in [2.05, 4.69) is 33.5 Å². The Hall–Kier alpha value is -0.390. The van der Waals surface area contributed by atoms with Gasteiger partial charge in [-0.1, -0.05) is 39.7 Å². The molecule has 0 amide bonds. The van der Waals surface area contributed by atoms with Gasteiger partial charge in [0.2, 0.25) is 0 Å². The van der Waals surface area contributed by atoms with Crippen molar-refractivity contribution < 1.29 is 0 Å². The standard InChI is InChI=1S/C12H12BrClN2S/c13-9-3-1-8(2-4-9)11(16-15)7-10-5-6-12(14)17-10/h1-6,11,16H,7,15H2. The maximum atomic E-state index is 5.91. The average Bonchev–Trinajstić information content (AvgIpc) is 2.73. The van der Waals surface area contributed by atoms with Gasteiger partial charge in [-0.25, -0.2) is 0 Å². The Morgan fingerprint density at radius 1 is 1.24 bits per heavy atom. The quantitative estimate of drug-likeness (QED) is 0.658. The molecule has 0 saturated heterocycles. The second-order valence-electron chi connectivity index (χ2n) is 3.68. The molecule has 2 rings (SSSR count). The highest BCUT2D eigenvalue weighted by Crippen LogP contribution is 2.26. The predicted octanol–water partition coefficient (Wildman–Crippen LogP) is 3.91. The molecule has 0 aliphatic rings. The Kier molecular flexibility index (Phi) is 4.59. The van der Waals surface area contributed by atoms with E-state index in [1.54, 1.807) is 11.3 Å². The molecule has 17 heavy (non-hydrogen) atoms. The molecule has 90 valence electrons. The molecule has 0 fully saturated rings. The number of thiophene rings is 1. The SMILES string of the molecule is NNC(Cc1ccc(Cl)s1)c1ccc(Br)cc1. The summed E-state index contributed by atoms with van der Waals surface area (Å²) in [5.74, 6) is 5.61. The highest BCUT2D eigenvalue weighted by Gasteiger charge is 2.11. The van der Waals surface area contributed by atoms with Crippen molar-refractivity contribution in [1.29, 1.82) is 0 Å². The van der Waals surface area contributed by atoms with Crippen LogP contribution in [0.2, 0.25) is 4.34 Å². The summed E-state index contributed by atoms with van der Waals surface area (Å²) in [6, 6.07) is 12.2. The van der Waals surface area contributed by atoms with E-state index in [1.165, 1.54) is 10.4 Å². The summed E-state index contributed by atoms with van der Waals surface area (Å²) in [5, 5.41) is 0. The van der Waals surface area contributed by atoms with E-state index in [-0.39, 0.29) is 6.04 Å². The van der Waals surface area contributed by atoms with E-state index >= 15 is 0 Å². The Labute approximate surface area is 118 Å². The van der Waals surface area contributed by atoms with Gasteiger partial charge in [0.05, 0.1) is 10.4 Å². The fourth-order valence-corrected chi connectivity index (χ4v) is 3.03. The molecule has 2 nitrogen and oxygen atoms in total. The Morgan fingerprint density at radius 2 is 1.94 bits per heavy atom. The maximum Gasteiger partial charge on any atom is 0.0931 e. The first-order chi connectivity index (χ1) is 8.19. The summed E-state index contributed by atoms with van der Waals surface area (Å²) in [6.45, 7) is 0. The van der Waals surface area contributed by atoms with Crippen molar-refractivity contribution in [1.82, 2.24) is 5.43 Å². The number of hydrazine groups is 1. The number of benzene rings is 1. The van der Waals surface area contributed by atoms with Crippen molar-refractivity contribution in [3.8, 4) is 0 Å². The molecule has 0 radical (unpaired) electrons. The molecule has 2 aromatic rings. The molecule has 1 heterocycles. The van der Waals surface area contributed by atoms with Gasteiger partial charge in [0.15, 0.2) is 0 Å². The van der Waals surface area contributed by atoms with Crippen LogP contribution >= 0.6 is 38.9 Å². The molecular weight excluding hydrogens is 320 g/mol. The summed E-state index contributed by atoms with van der Waals surface area (Å²) in [4.78, 5) is 1.22. The van der Waals surface area contributed by atoms with Gasteiger partial charge in [-0.2, -0.15) is 0 Å². The lowest BCUT2D eigenvalue weighted by Crippen LogP contribution is -2.29. The first kappa shape index (κ1) is 13.1. The number of rotatable bonds is 4. The van der Waals surface area contributed by atoms with Gasteiger partial charge in [-0.3, -0.25) is 11.3 Å². The molecule has 3 N–H and O–H groups in total. The first-order valence-corrected chi connectivity index (χ1v) is 7.13. The summed E-state index contributed by atoms with van der Waals surface area (Å²) < 4.78 is 1.88. The molecular formula is C12H12BrClN2S. The fourth-order valence-electron chi connectivity index (χ4n) is 1.63. The third-order valence-electron chi connectivity index (χ3n) is 2.51. The van der Waals surface area contributed by atoms with Gasteiger partial charge in [0.25, 0.3) is 0 Å². The lowest BCUT2D eigenvalue weighted by molar-refractivity contribution is 0.555. The third kappa shape index (κ3) is 3.53. The average molecular weight is 332 g/mol. The van der Waals surface area contributed by atoms with E-state index in [4.69, 9.17) is 17.4 Å². The van der Waals surface area contributed by atoms with Crippen molar-refractivity contribution in [2.75, 3.05) is 0 Å². The Balaban J connectivity index is 2.13. The van der Waals surface area contributed by atoms with Crippen LogP contribution in [0.4, 0.5) is 0 Å². The Morgan fingerprint density at radius 3 is 2.47 bits per heavy atom. The largest absolute Gasteiger partial charge is 0.271 e. The maximum absolute atomic E-state index is 5.91. The lowest BCUT2D eigenvalue weighted by atomic mass is 10.0. The highest BCUT2D eigenvalue weighted by molar-refractivity contribution is 9.10. The van der Waals surface area contributed by atoms with Crippen LogP contribution < -0.4 is 11.3 Å². The van der Waals surface area contributed by atoms with Crippen LogP contribution in [-0.4, -0.2) is 0 Å². The normalized spacial score (nSPS) is 12.6. The Bertz CT molecular complexity index is 484. The summed E-state index contributed by atoms with van der Waals surface area (Å²) in [6.07, 6.45) is 0.843. The van der Waals surface area contributed by atoms with Gasteiger partial charge >= 0.3 is 0 Å². The van der Waals surface area contributed by atoms with E-state index in [0.29, 0.717) is 0 Å². The monoisotopic (exact) mass is 330 g/mol. The topological polar surface area (TPSA) is 38.0 Å². The van der Waals surface area contributed by atoms with Crippen LogP contribution in [0, 0.1) is 0 Å². The van der Waals surface area contributed by atoms with Gasteiger partial charge in [0, 0.05) is 15.8 Å². The van der Waals surface area contributed by atoms with Gasteiger partial charge in [0.1, 0.15) is 0 Å². The molecule has 1 aromatic carbocycles. The van der Waals surface area contributed by atoms with Crippen molar-refractivity contribution in [2.24, 2.45) is 5.84 Å². The number of halogens is 2. The van der Waals surface area contributed by atoms with Crippen LogP contribution in [0.3, 0.4) is 0 Å². The van der Waals surface area contributed by atoms with E-state index in [1.807, 2.05) is 24.3 Å². The van der Waals surface area contributed by atoms with Crippen LogP contribution in [-0.2, 0) is 6.42 Å². The van der Waals surface area contributed by atoms with Crippen molar-refractivity contribution in [3.63, 3.8) is 0 Å². The van der Waals surface area contributed by atoms with Gasteiger partial charge in [-0.05, 0) is 29.8 Å².